The summed E-state index contributed by atoms with van der Waals surface area (Å²) in [6.07, 6.45) is 28.8. The summed E-state index contributed by atoms with van der Waals surface area (Å²) in [5.41, 5.74) is 1.70. The minimum atomic E-state index is -3.98. The van der Waals surface area contributed by atoms with Gasteiger partial charge in [0.05, 0.1) is 76.8 Å². The smallest absolute Gasteiger partial charge is 0.389 e. The van der Waals surface area contributed by atoms with Gasteiger partial charge >= 0.3 is 6.18 Å². The number of rotatable bonds is 25. The maximum atomic E-state index is 11.3. The van der Waals surface area contributed by atoms with E-state index in [4.69, 9.17) is 33.9 Å². The van der Waals surface area contributed by atoms with Crippen LogP contribution in [0.25, 0.3) is 0 Å². The second-order valence-corrected chi connectivity index (χ2v) is 47.4. The Morgan fingerprint density at radius 2 is 0.795 bits per heavy atom. The first-order valence-electron chi connectivity index (χ1n) is 50.1. The highest BCUT2D eigenvalue weighted by Gasteiger charge is 2.51. The van der Waals surface area contributed by atoms with Gasteiger partial charge in [0.2, 0.25) is 6.43 Å². The van der Waals surface area contributed by atoms with Crippen LogP contribution in [-0.4, -0.2) is 122 Å². The lowest BCUT2D eigenvalue weighted by Crippen LogP contribution is -2.50. The maximum absolute atomic E-state index is 11.3. The Hall–Kier alpha value is -0.710. The molecular formula is C113H243F5O9. The molecule has 10 fully saturated rings. The van der Waals surface area contributed by atoms with E-state index in [2.05, 4.69) is 201 Å². The van der Waals surface area contributed by atoms with Gasteiger partial charge in [-0.05, 0) is 279 Å². The number of hydrogen-bond acceptors (Lipinski definition) is 9. The molecule has 0 aromatic carbocycles. The number of alkyl halides is 5. The summed E-state index contributed by atoms with van der Waals surface area (Å²) in [4.78, 5) is 0. The zero-order valence-corrected chi connectivity index (χ0v) is 86.9. The van der Waals surface area contributed by atoms with Crippen LogP contribution in [0.1, 0.15) is 494 Å². The van der Waals surface area contributed by atoms with Crippen LogP contribution in [0.2, 0.25) is 0 Å². The van der Waals surface area contributed by atoms with E-state index in [-0.39, 0.29) is 88.1 Å². The van der Waals surface area contributed by atoms with E-state index in [9.17, 15) is 32.2 Å². The van der Waals surface area contributed by atoms with Crippen molar-refractivity contribution in [1.29, 1.82) is 0 Å². The Kier molecular flexibility index (Phi) is 93.1. The molecular weight excluding hydrogens is 1600 g/mol. The Morgan fingerprint density at radius 3 is 0.961 bits per heavy atom. The first-order valence-corrected chi connectivity index (χ1v) is 50.1. The normalized spacial score (nSPS) is 22.7. The first kappa shape index (κ1) is 149. The number of halogens is 5. The number of aliphatic hydroxyl groups excluding tert-OH is 2. The predicted molar refractivity (Wildman–Crippen MR) is 557 cm³/mol. The molecule has 0 amide bonds. The molecule has 0 radical (unpaired) electrons. The summed E-state index contributed by atoms with van der Waals surface area (Å²) in [5, 5.41) is 37.2. The van der Waals surface area contributed by atoms with Crippen LogP contribution in [0.15, 0.2) is 0 Å². The SMILES string of the molecule is C.C.C.C.C.C.C.CC(C)CC(C)(C)C.CC(C)CC(C)O.CC(C)CC(F)(F)F.CC(C)CC(F)F.CC(C)CC1(C)COC1.CC(C)CC1(O)CCCCC1.CC(C)CC1(O)COC1.CC(C)CC1CC(O)C1.CC(C)CC1CCCC1.CC(C)CC1COC1.CC1CC(C(C)C)C1.CC1CC2(C1)CC(C(C)C)C2.CCC1(CC(C)C)COC1.CCOC(C)C. The summed E-state index contributed by atoms with van der Waals surface area (Å²) in [7, 11) is 0. The van der Waals surface area contributed by atoms with Crippen molar-refractivity contribution in [2.45, 2.75) is 536 Å². The number of aliphatic hydroxyl groups is 4. The van der Waals surface area contributed by atoms with Crippen molar-refractivity contribution >= 4 is 0 Å². The minimum absolute atomic E-state index is 0. The highest BCUT2D eigenvalue weighted by Crippen LogP contribution is 2.62. The van der Waals surface area contributed by atoms with E-state index in [0.29, 0.717) is 53.3 Å². The van der Waals surface area contributed by atoms with E-state index < -0.39 is 24.6 Å². The van der Waals surface area contributed by atoms with Crippen molar-refractivity contribution in [2.75, 3.05) is 59.5 Å². The molecule has 4 N–H and O–H groups in total. The van der Waals surface area contributed by atoms with Gasteiger partial charge in [-0.15, -0.1) is 0 Å². The topological polar surface area (TPSA) is 127 Å². The van der Waals surface area contributed by atoms with Gasteiger partial charge in [-0.3, -0.25) is 0 Å². The third kappa shape index (κ3) is 89.0. The largest absolute Gasteiger partial charge is 0.393 e. The molecule has 10 rings (SSSR count). The molecule has 1 atom stereocenters. The molecule has 1 unspecified atom stereocenters. The van der Waals surface area contributed by atoms with Gasteiger partial charge in [-0.2, -0.15) is 13.2 Å². The van der Waals surface area contributed by atoms with E-state index in [1.165, 1.54) is 116 Å². The van der Waals surface area contributed by atoms with Crippen molar-refractivity contribution in [3.63, 3.8) is 0 Å². The fourth-order valence-electron chi connectivity index (χ4n) is 19.1. The molecule has 9 nitrogen and oxygen atoms in total. The Bertz CT molecular complexity index is 2170. The summed E-state index contributed by atoms with van der Waals surface area (Å²) < 4.78 is 81.8. The van der Waals surface area contributed by atoms with Crippen molar-refractivity contribution in [3.8, 4) is 0 Å². The lowest BCUT2D eigenvalue weighted by molar-refractivity contribution is -0.185. The van der Waals surface area contributed by atoms with Crippen molar-refractivity contribution in [2.24, 2.45) is 140 Å². The average Bonchev–Trinajstić information content (AvgIpc) is 1.17. The molecule has 0 aromatic heterocycles. The van der Waals surface area contributed by atoms with Crippen molar-refractivity contribution < 1.29 is 66.1 Å². The molecule has 0 aromatic rings. The molecule has 14 heteroatoms. The third-order valence-electron chi connectivity index (χ3n) is 24.0. The van der Waals surface area contributed by atoms with Crippen LogP contribution in [-0.2, 0) is 23.7 Å². The summed E-state index contributed by atoms with van der Waals surface area (Å²) >= 11 is 0. The molecule has 4 saturated heterocycles. The quantitative estimate of drug-likeness (QED) is 0.0661. The Morgan fingerprint density at radius 1 is 0.409 bits per heavy atom. The van der Waals surface area contributed by atoms with Crippen molar-refractivity contribution in [1.82, 2.24) is 0 Å². The summed E-state index contributed by atoms with van der Waals surface area (Å²) in [6.45, 7) is 88.1. The highest BCUT2D eigenvalue weighted by molar-refractivity contribution is 5.02. The monoisotopic (exact) mass is 1840 g/mol. The van der Waals surface area contributed by atoms with Crippen LogP contribution < -0.4 is 0 Å². The van der Waals surface area contributed by atoms with E-state index in [0.717, 1.165) is 185 Å². The molecule has 127 heavy (non-hydrogen) atoms. The predicted octanol–water partition coefficient (Wildman–Crippen LogP) is 36.2. The van der Waals surface area contributed by atoms with Gasteiger partial charge in [-0.1, -0.05) is 325 Å². The van der Waals surface area contributed by atoms with Crippen LogP contribution >= 0.6 is 0 Å². The van der Waals surface area contributed by atoms with E-state index in [1.54, 1.807) is 40.5 Å². The number of ether oxygens (including phenoxy) is 5. The summed E-state index contributed by atoms with van der Waals surface area (Å²) in [6, 6.07) is 0. The summed E-state index contributed by atoms with van der Waals surface area (Å²) in [5.74, 6) is 15.6. The fourth-order valence-corrected chi connectivity index (χ4v) is 19.1. The Labute approximate surface area is 797 Å². The molecule has 784 valence electrons. The molecule has 10 aliphatic rings. The lowest BCUT2D eigenvalue weighted by Gasteiger charge is -2.58. The second kappa shape index (κ2) is 79.2. The minimum Gasteiger partial charge on any atom is -0.393 e. The van der Waals surface area contributed by atoms with Gasteiger partial charge < -0.3 is 44.1 Å². The number of hydrogen-bond donors (Lipinski definition) is 4. The van der Waals surface area contributed by atoms with E-state index in [1.807, 2.05) is 27.7 Å². The zero-order chi connectivity index (χ0) is 93.8. The molecule has 0 bridgehead atoms. The molecule has 4 aliphatic heterocycles. The lowest BCUT2D eigenvalue weighted by atomic mass is 9.47. The van der Waals surface area contributed by atoms with Gasteiger partial charge in [0.15, 0.2) is 0 Å². The average molecular weight is 1840 g/mol. The standard InChI is InChI=1S/C11H20.C10H20O.C9H18O.C9H18.2C8H16O.C8H16.C8H18.C7H14O2.C7H14O.C6H14O.C5H9F3.C5H10F2.C5H12O.7CH4/c1-8(2)10-6-11(7-10)4-9(3)5-11;1-9(2)8-10(11)6-4-3-5-7-10;1-4-9(5-8(2)3)6-10-7-9;1-8(2)7-9-5-3-4-6-9;1-7(2)4-8(3)5-9-6-8;1-6(2)3-7-4-8(9)5-7;1-6(2)8-4-7(3)5-8;1-7(2)6-8(3,4)5;1-6(2)3-7(8)4-9-5-7;1-6(2)3-7-4-8-5-7;1-5(2)4-6(3)7;1-4(2)3-5(6,7)8;1-4(2)3-5(6)7;1-4-6-5(2)3;;;;;;;/h8-10H,4-7H2,1-3H3;9,11H,3-8H2,1-2H3;8H,4-7H2,1-3H3;8-9H,3-7H2,1-2H3;7H,4-6H2,1-3H3;6-9H,3-5H2,1-2H3;6-8H,4-5H2,1-3H3;7H,6H2,1-5H3;6,8H,3-5H2,1-2H3;6-7H,3-5H2,1-2H3;5-7H,4H2,1-3H3;4H,3H2,1-2H3;4-5H,3H2,1-2H3;5H,4H2,1-3H3;7*1H4. The van der Waals surface area contributed by atoms with Crippen molar-refractivity contribution in [3.05, 3.63) is 0 Å². The van der Waals surface area contributed by atoms with Crippen LogP contribution in [0.4, 0.5) is 22.0 Å². The maximum Gasteiger partial charge on any atom is 0.389 e. The van der Waals surface area contributed by atoms with E-state index >= 15 is 0 Å². The first-order chi connectivity index (χ1) is 55.0. The second-order valence-electron chi connectivity index (χ2n) is 47.4. The molecule has 6 saturated carbocycles. The van der Waals surface area contributed by atoms with Gasteiger partial charge in [0.25, 0.3) is 0 Å². The van der Waals surface area contributed by atoms with Crippen LogP contribution in [0, 0.1) is 140 Å². The molecule has 1 spiro atoms. The Balaban J connectivity index is -0.000000127. The highest BCUT2D eigenvalue weighted by atomic mass is 19.4. The van der Waals surface area contributed by atoms with Gasteiger partial charge in [0.1, 0.15) is 5.60 Å². The molecule has 4 heterocycles. The van der Waals surface area contributed by atoms with Gasteiger partial charge in [0, 0.05) is 36.2 Å². The zero-order valence-electron chi connectivity index (χ0n) is 86.9. The van der Waals surface area contributed by atoms with Crippen LogP contribution in [0.5, 0.6) is 0 Å². The van der Waals surface area contributed by atoms with Gasteiger partial charge in [-0.25, -0.2) is 8.78 Å². The third-order valence-corrected chi connectivity index (χ3v) is 24.0. The molecule has 6 aliphatic carbocycles. The fraction of sp³-hybridized carbons (Fsp3) is 1.00. The van der Waals surface area contributed by atoms with Crippen LogP contribution in [0.3, 0.4) is 0 Å².